The van der Waals surface area contributed by atoms with Gasteiger partial charge < -0.3 is 20.5 Å². The predicted molar refractivity (Wildman–Crippen MR) is 93.5 cm³/mol. The molecule has 0 amide bonds. The fraction of sp³-hybridized carbons (Fsp3) is 0.200. The van der Waals surface area contributed by atoms with Crippen molar-refractivity contribution in [3.8, 4) is 5.75 Å². The molecule has 0 radical (unpaired) electrons. The summed E-state index contributed by atoms with van der Waals surface area (Å²) in [6.45, 7) is 0. The zero-order chi connectivity index (χ0) is 18.4. The van der Waals surface area contributed by atoms with E-state index in [1.54, 1.807) is 18.2 Å². The fourth-order valence-corrected chi connectivity index (χ4v) is 2.09. The minimum absolute atomic E-state index is 0.0565. The quantitative estimate of drug-likeness (QED) is 0.412. The number of nitrogens with one attached hydrogen (secondary N) is 2. The van der Waals surface area contributed by atoms with Gasteiger partial charge in [0, 0.05) is 11.1 Å². The number of hydrogen-bond donors (Lipinski definition) is 3. The first-order valence-corrected chi connectivity index (χ1v) is 7.41. The molecule has 4 N–H and O–H groups in total. The number of ether oxygens (including phenoxy) is 2. The van der Waals surface area contributed by atoms with Crippen LogP contribution in [0.15, 0.2) is 34.1 Å². The average molecular weight is 366 g/mol. The number of anilines is 1. The smallest absolute Gasteiger partial charge is 0.311 e. The molecule has 0 aliphatic rings. The Morgan fingerprint density at radius 2 is 2.16 bits per heavy atom. The summed E-state index contributed by atoms with van der Waals surface area (Å²) in [5.74, 6) is -0.137. The van der Waals surface area contributed by atoms with Crippen molar-refractivity contribution in [2.24, 2.45) is 10.7 Å². The van der Waals surface area contributed by atoms with Gasteiger partial charge >= 0.3 is 5.97 Å². The normalized spacial score (nSPS) is 11.1. The highest BCUT2D eigenvalue weighted by atomic mass is 35.5. The number of guanidine groups is 1. The molecule has 0 bridgehead atoms. The van der Waals surface area contributed by atoms with E-state index in [2.05, 4.69) is 25.0 Å². The van der Waals surface area contributed by atoms with Gasteiger partial charge in [-0.15, -0.1) is 0 Å². The van der Waals surface area contributed by atoms with Gasteiger partial charge in [0.15, 0.2) is 0 Å². The van der Waals surface area contributed by atoms with Gasteiger partial charge in [-0.05, 0) is 18.2 Å². The van der Waals surface area contributed by atoms with Crippen molar-refractivity contribution in [1.29, 1.82) is 0 Å². The Morgan fingerprint density at radius 1 is 1.40 bits per heavy atom. The Bertz CT molecular complexity index is 865. The van der Waals surface area contributed by atoms with E-state index in [-0.39, 0.29) is 24.0 Å². The minimum atomic E-state index is -0.525. The van der Waals surface area contributed by atoms with E-state index < -0.39 is 11.5 Å². The van der Waals surface area contributed by atoms with E-state index in [4.69, 9.17) is 22.1 Å². The van der Waals surface area contributed by atoms with Gasteiger partial charge in [0.05, 0.1) is 32.0 Å². The molecule has 0 aliphatic carbocycles. The van der Waals surface area contributed by atoms with Crippen molar-refractivity contribution in [1.82, 2.24) is 9.97 Å². The number of nitrogens with two attached hydrogens (primary N) is 1. The molecule has 2 aromatic rings. The maximum atomic E-state index is 11.7. The molecule has 0 atom stereocenters. The predicted octanol–water partition coefficient (Wildman–Crippen LogP) is 1.21. The highest BCUT2D eigenvalue weighted by molar-refractivity contribution is 6.31. The molecule has 132 valence electrons. The molecule has 0 saturated heterocycles. The second-order valence-electron chi connectivity index (χ2n) is 4.78. The lowest BCUT2D eigenvalue weighted by Gasteiger charge is -2.10. The molecular weight excluding hydrogens is 350 g/mol. The zero-order valence-corrected chi connectivity index (χ0v) is 14.3. The van der Waals surface area contributed by atoms with Gasteiger partial charge in [-0.3, -0.25) is 14.6 Å². The molecule has 0 spiro atoms. The second-order valence-corrected chi connectivity index (χ2v) is 5.22. The molecule has 0 unspecified atom stereocenters. The van der Waals surface area contributed by atoms with Gasteiger partial charge in [-0.1, -0.05) is 11.6 Å². The van der Waals surface area contributed by atoms with Crippen LogP contribution in [0.25, 0.3) is 0 Å². The average Bonchev–Trinajstić information content (AvgIpc) is 2.54. The van der Waals surface area contributed by atoms with Gasteiger partial charge in [0.25, 0.3) is 5.56 Å². The third-order valence-corrected chi connectivity index (χ3v) is 3.22. The van der Waals surface area contributed by atoms with Crippen molar-refractivity contribution < 1.29 is 14.3 Å². The number of nitrogens with zero attached hydrogens (tertiary/aromatic N) is 2. The number of benzene rings is 1. The number of carbonyl (C=O) groups is 1. The lowest BCUT2D eigenvalue weighted by Crippen LogP contribution is -2.23. The number of halogens is 1. The summed E-state index contributed by atoms with van der Waals surface area (Å²) in [5.41, 5.74) is 6.05. The summed E-state index contributed by atoms with van der Waals surface area (Å²) >= 11 is 5.94. The lowest BCUT2D eigenvalue weighted by atomic mass is 10.3. The summed E-state index contributed by atoms with van der Waals surface area (Å²) in [4.78, 5) is 33.4. The molecular formula is C15H16ClN5O4. The van der Waals surface area contributed by atoms with Crippen LogP contribution < -0.4 is 21.3 Å². The first-order valence-electron chi connectivity index (χ1n) is 7.03. The summed E-state index contributed by atoms with van der Waals surface area (Å²) in [7, 11) is 2.74. The van der Waals surface area contributed by atoms with E-state index in [0.29, 0.717) is 16.5 Å². The highest BCUT2D eigenvalue weighted by Gasteiger charge is 2.09. The third-order valence-electron chi connectivity index (χ3n) is 2.99. The summed E-state index contributed by atoms with van der Waals surface area (Å²) in [5, 5.41) is 3.28. The molecule has 2 rings (SSSR count). The highest BCUT2D eigenvalue weighted by Crippen LogP contribution is 2.27. The van der Waals surface area contributed by atoms with Crippen LogP contribution in [0.1, 0.15) is 5.69 Å². The van der Waals surface area contributed by atoms with Gasteiger partial charge in [-0.2, -0.15) is 4.99 Å². The summed E-state index contributed by atoms with van der Waals surface area (Å²) in [6, 6.07) is 6.11. The fourth-order valence-electron chi connectivity index (χ4n) is 1.92. The molecule has 9 nitrogen and oxygen atoms in total. The summed E-state index contributed by atoms with van der Waals surface area (Å²) in [6.07, 6.45) is -0.154. The van der Waals surface area contributed by atoms with E-state index in [1.165, 1.54) is 20.3 Å². The number of hydrogen-bond acceptors (Lipinski definition) is 6. The van der Waals surface area contributed by atoms with Crippen LogP contribution in [0.5, 0.6) is 5.75 Å². The standard InChI is InChI=1S/C15H16ClN5O4/c1-24-11-4-3-8(16)5-10(11)19-14(17)21-15-18-9(6-12(22)20-15)7-13(23)25-2/h3-6H,7H2,1-2H3,(H4,17,18,19,20,21,22). The number of aromatic amines is 1. The molecule has 0 aliphatic heterocycles. The third kappa shape index (κ3) is 5.21. The molecule has 1 heterocycles. The van der Waals surface area contributed by atoms with Crippen molar-refractivity contribution >= 4 is 35.2 Å². The van der Waals surface area contributed by atoms with Gasteiger partial charge in [0.1, 0.15) is 5.75 Å². The molecule has 1 aromatic carbocycles. The number of carbonyl (C=O) groups excluding carboxylic acids is 1. The topological polar surface area (TPSA) is 132 Å². The Labute approximate surface area is 147 Å². The Morgan fingerprint density at radius 3 is 2.84 bits per heavy atom. The number of methoxy groups -OCH3 is 2. The van der Waals surface area contributed by atoms with E-state index >= 15 is 0 Å². The van der Waals surface area contributed by atoms with Crippen LogP contribution in [0.3, 0.4) is 0 Å². The van der Waals surface area contributed by atoms with Crippen LogP contribution in [0.4, 0.5) is 11.6 Å². The second kappa shape index (κ2) is 8.15. The van der Waals surface area contributed by atoms with E-state index in [9.17, 15) is 9.59 Å². The SMILES string of the molecule is COC(=O)Cc1cc(=O)[nH]c(/N=C(/N)Nc2cc(Cl)ccc2OC)n1. The monoisotopic (exact) mass is 365 g/mol. The van der Waals surface area contributed by atoms with Crippen molar-refractivity contribution in [2.75, 3.05) is 19.5 Å². The number of aromatic nitrogens is 2. The summed E-state index contributed by atoms with van der Waals surface area (Å²) < 4.78 is 9.73. The number of H-pyrrole nitrogens is 1. The molecule has 25 heavy (non-hydrogen) atoms. The van der Waals surface area contributed by atoms with E-state index in [1.807, 2.05) is 0 Å². The molecule has 10 heteroatoms. The van der Waals surface area contributed by atoms with Crippen molar-refractivity contribution in [3.05, 3.63) is 45.3 Å². The lowest BCUT2D eigenvalue weighted by molar-refractivity contribution is -0.139. The number of esters is 1. The molecule has 1 aromatic heterocycles. The van der Waals surface area contributed by atoms with Crippen LogP contribution >= 0.6 is 11.6 Å². The maximum Gasteiger partial charge on any atom is 0.311 e. The number of rotatable bonds is 5. The van der Waals surface area contributed by atoms with Crippen molar-refractivity contribution in [3.63, 3.8) is 0 Å². The maximum absolute atomic E-state index is 11.7. The molecule has 0 saturated carbocycles. The first kappa shape index (κ1) is 18.3. The van der Waals surface area contributed by atoms with Crippen LogP contribution in [-0.4, -0.2) is 36.1 Å². The van der Waals surface area contributed by atoms with Crippen LogP contribution in [0, 0.1) is 0 Å². The largest absolute Gasteiger partial charge is 0.495 e. The Hall–Kier alpha value is -3.07. The zero-order valence-electron chi connectivity index (χ0n) is 13.5. The van der Waals surface area contributed by atoms with E-state index in [0.717, 1.165) is 0 Å². The van der Waals surface area contributed by atoms with Gasteiger partial charge in [-0.25, -0.2) is 4.98 Å². The van der Waals surface area contributed by atoms with Crippen molar-refractivity contribution in [2.45, 2.75) is 6.42 Å². The first-order chi connectivity index (χ1) is 11.9. The van der Waals surface area contributed by atoms with Crippen LogP contribution in [0.2, 0.25) is 5.02 Å². The Kier molecular flexibility index (Phi) is 5.96. The van der Waals surface area contributed by atoms with Gasteiger partial charge in [0.2, 0.25) is 11.9 Å². The number of aliphatic imine (C=N–C) groups is 1. The Balaban J connectivity index is 2.26. The molecule has 0 fully saturated rings. The van der Waals surface area contributed by atoms with Crippen LogP contribution in [-0.2, 0) is 16.0 Å². The minimum Gasteiger partial charge on any atom is -0.495 e.